The summed E-state index contributed by atoms with van der Waals surface area (Å²) in [4.78, 5) is 23.7. The number of hydrogen-bond acceptors (Lipinski definition) is 3. The van der Waals surface area contributed by atoms with Gasteiger partial charge in [0.1, 0.15) is 0 Å². The summed E-state index contributed by atoms with van der Waals surface area (Å²) >= 11 is 10.8. The normalized spacial score (nSPS) is 16.7. The molecule has 1 saturated carbocycles. The molecule has 0 heterocycles. The lowest BCUT2D eigenvalue weighted by atomic mass is 9.96. The van der Waals surface area contributed by atoms with Crippen molar-refractivity contribution in [1.29, 1.82) is 0 Å². The van der Waals surface area contributed by atoms with Gasteiger partial charge in [-0.3, -0.25) is 9.62 Å². The third-order valence-electron chi connectivity index (χ3n) is 3.03. The number of halogens is 3. The lowest BCUT2D eigenvalue weighted by Crippen LogP contribution is -2.50. The minimum Gasteiger partial charge on any atom is -0.335 e. The first-order chi connectivity index (χ1) is 9.69. The second kappa shape index (κ2) is 8.29. The van der Waals surface area contributed by atoms with Crippen molar-refractivity contribution in [2.24, 2.45) is 0 Å². The summed E-state index contributed by atoms with van der Waals surface area (Å²) in [6.07, 6.45) is 5.11. The van der Waals surface area contributed by atoms with E-state index < -0.39 is 16.0 Å². The Bertz CT molecular complexity index is 374. The zero-order chi connectivity index (χ0) is 16.0. The molecule has 1 aliphatic rings. The van der Waals surface area contributed by atoms with Crippen LogP contribution >= 0.6 is 35.1 Å². The van der Waals surface area contributed by atoms with E-state index >= 15 is 0 Å². The number of hydrogen-bond donors (Lipinski definition) is 2. The van der Waals surface area contributed by atoms with Crippen LogP contribution in [0.5, 0.6) is 0 Å². The van der Waals surface area contributed by atoms with Crippen molar-refractivity contribution < 1.29 is 14.0 Å². The number of alkyl halides is 3. The van der Waals surface area contributed by atoms with Gasteiger partial charge in [-0.1, -0.05) is 42.5 Å². The molecule has 0 aromatic heterocycles. The monoisotopic (exact) mass is 359 g/mol. The van der Waals surface area contributed by atoms with Crippen LogP contribution in [0.25, 0.3) is 0 Å². The van der Waals surface area contributed by atoms with Crippen molar-refractivity contribution in [3.05, 3.63) is 0 Å². The molecule has 9 heteroatoms. The average molecular weight is 360 g/mol. The van der Waals surface area contributed by atoms with Crippen LogP contribution in [0.2, 0.25) is 0 Å². The van der Waals surface area contributed by atoms with Crippen LogP contribution in [-0.4, -0.2) is 32.4 Å². The van der Waals surface area contributed by atoms with Crippen molar-refractivity contribution in [3.63, 3.8) is 0 Å². The first-order valence-electron chi connectivity index (χ1n) is 6.85. The predicted octanol–water partition coefficient (Wildman–Crippen LogP) is 4.16. The van der Waals surface area contributed by atoms with Crippen LogP contribution in [-0.2, 0) is 0 Å². The maximum Gasteiger partial charge on any atom is 0.335 e. The lowest BCUT2D eigenvalue weighted by molar-refractivity contribution is 0.209. The Morgan fingerprint density at radius 3 is 2.33 bits per heavy atom. The van der Waals surface area contributed by atoms with Gasteiger partial charge in [-0.25, -0.2) is 9.59 Å². The largest absolute Gasteiger partial charge is 0.335 e. The van der Waals surface area contributed by atoms with Gasteiger partial charge in [0.15, 0.2) is 0 Å². The van der Waals surface area contributed by atoms with Gasteiger partial charge in [0.05, 0.1) is 0 Å². The Balaban J connectivity index is 2.49. The number of nitrogens with zero attached hydrogens (tertiary/aromatic N) is 1. The van der Waals surface area contributed by atoms with E-state index in [0.29, 0.717) is 11.9 Å². The molecular weight excluding hydrogens is 340 g/mol. The summed E-state index contributed by atoms with van der Waals surface area (Å²) in [5, 5.41) is 4.90. The molecule has 1 rings (SSSR count). The number of urea groups is 2. The summed E-state index contributed by atoms with van der Waals surface area (Å²) in [5.74, 6) is 0. The maximum absolute atomic E-state index is 13.2. The molecule has 0 saturated heterocycles. The summed E-state index contributed by atoms with van der Waals surface area (Å²) in [7, 11) is 0. The van der Waals surface area contributed by atoms with Crippen LogP contribution in [0, 0.1) is 0 Å². The fraction of sp³-hybridized carbons (Fsp3) is 0.833. The zero-order valence-electron chi connectivity index (χ0n) is 12.0. The van der Waals surface area contributed by atoms with Gasteiger partial charge < -0.3 is 5.32 Å². The van der Waals surface area contributed by atoms with Crippen molar-refractivity contribution >= 4 is 47.2 Å². The van der Waals surface area contributed by atoms with E-state index in [2.05, 4.69) is 10.6 Å². The summed E-state index contributed by atoms with van der Waals surface area (Å²) in [6.45, 7) is 3.32. The lowest BCUT2D eigenvalue weighted by Gasteiger charge is -2.28. The molecule has 0 unspecified atom stereocenters. The van der Waals surface area contributed by atoms with Crippen molar-refractivity contribution in [2.75, 3.05) is 0 Å². The minimum absolute atomic E-state index is 0.0769. The van der Waals surface area contributed by atoms with Crippen LogP contribution < -0.4 is 10.6 Å². The second-order valence-electron chi connectivity index (χ2n) is 5.20. The molecule has 1 fully saturated rings. The molecule has 0 atom stereocenters. The van der Waals surface area contributed by atoms with E-state index in [-0.39, 0.29) is 12.1 Å². The van der Waals surface area contributed by atoms with Crippen LogP contribution in [0.1, 0.15) is 46.0 Å². The van der Waals surface area contributed by atoms with Gasteiger partial charge in [0.25, 0.3) is 0 Å². The average Bonchev–Trinajstić information content (AvgIpc) is 2.35. The number of imide groups is 1. The van der Waals surface area contributed by atoms with E-state index in [1.165, 1.54) is 6.42 Å². The highest BCUT2D eigenvalue weighted by molar-refractivity contribution is 8.01. The highest BCUT2D eigenvalue weighted by Gasteiger charge is 2.33. The predicted molar refractivity (Wildman–Crippen MR) is 84.0 cm³/mol. The molecular formula is C12H20Cl2FN3O2S. The molecule has 0 aromatic rings. The number of nitrogens with one attached hydrogen (secondary N) is 2. The Morgan fingerprint density at radius 2 is 1.86 bits per heavy atom. The standard InChI is InChI=1S/C12H20Cl2FN3O2S/c1-8(2)18(21-12(13,14)15)11(20)17-10(19)16-9-6-4-3-5-7-9/h8-9H,3-7H2,1-2H3,(H2,16,17,19,20). The molecule has 0 aromatic carbocycles. The van der Waals surface area contributed by atoms with Crippen molar-refractivity contribution in [2.45, 2.75) is 62.0 Å². The van der Waals surface area contributed by atoms with Crippen molar-refractivity contribution in [3.8, 4) is 0 Å². The molecule has 0 spiro atoms. The third kappa shape index (κ3) is 7.42. The molecule has 0 bridgehead atoms. The smallest absolute Gasteiger partial charge is 0.335 e. The number of carbonyl (C=O) groups excluding carboxylic acids is 2. The minimum atomic E-state index is -2.64. The Kier molecular flexibility index (Phi) is 7.36. The highest BCUT2D eigenvalue weighted by atomic mass is 35.5. The first-order valence-corrected chi connectivity index (χ1v) is 8.38. The fourth-order valence-electron chi connectivity index (χ4n) is 2.11. The summed E-state index contributed by atoms with van der Waals surface area (Å²) in [5.41, 5.74) is 0. The topological polar surface area (TPSA) is 61.4 Å². The van der Waals surface area contributed by atoms with Gasteiger partial charge in [0.2, 0.25) is 0 Å². The molecule has 2 N–H and O–H groups in total. The van der Waals surface area contributed by atoms with Gasteiger partial charge >= 0.3 is 16.0 Å². The quantitative estimate of drug-likeness (QED) is 0.585. The zero-order valence-corrected chi connectivity index (χ0v) is 14.3. The highest BCUT2D eigenvalue weighted by Crippen LogP contribution is 2.39. The van der Waals surface area contributed by atoms with Crippen LogP contribution in [0.4, 0.5) is 14.0 Å². The Hall–Kier alpha value is -0.400. The number of amides is 4. The van der Waals surface area contributed by atoms with Gasteiger partial charge in [-0.2, -0.15) is 4.39 Å². The molecule has 122 valence electrons. The second-order valence-corrected chi connectivity index (χ2v) is 8.02. The Morgan fingerprint density at radius 1 is 1.29 bits per heavy atom. The van der Waals surface area contributed by atoms with E-state index in [1.54, 1.807) is 13.8 Å². The maximum atomic E-state index is 13.2. The summed E-state index contributed by atoms with van der Waals surface area (Å²) in [6, 6.07) is -1.66. The fourth-order valence-corrected chi connectivity index (χ4v) is 3.12. The number of rotatable bonds is 4. The number of carbonyl (C=O) groups is 2. The van der Waals surface area contributed by atoms with E-state index in [0.717, 1.165) is 30.0 Å². The summed E-state index contributed by atoms with van der Waals surface area (Å²) < 4.78 is 11.6. The molecule has 21 heavy (non-hydrogen) atoms. The SMILES string of the molecule is CC(C)N(SC(F)(Cl)Cl)C(=O)NC(=O)NC1CCCCC1. The van der Waals surface area contributed by atoms with E-state index in [9.17, 15) is 14.0 Å². The first kappa shape index (κ1) is 18.6. The Labute approximate surface area is 138 Å². The van der Waals surface area contributed by atoms with E-state index in [4.69, 9.17) is 23.2 Å². The van der Waals surface area contributed by atoms with Crippen LogP contribution in [0.15, 0.2) is 0 Å². The molecule has 0 aliphatic heterocycles. The van der Waals surface area contributed by atoms with Crippen LogP contribution in [0.3, 0.4) is 0 Å². The third-order valence-corrected chi connectivity index (χ3v) is 4.44. The van der Waals surface area contributed by atoms with Gasteiger partial charge in [0, 0.05) is 24.0 Å². The van der Waals surface area contributed by atoms with E-state index in [1.807, 2.05) is 0 Å². The molecule has 4 amide bonds. The van der Waals surface area contributed by atoms with Crippen molar-refractivity contribution in [1.82, 2.24) is 14.9 Å². The molecule has 5 nitrogen and oxygen atoms in total. The van der Waals surface area contributed by atoms with Gasteiger partial charge in [-0.05, 0) is 26.7 Å². The molecule has 1 aliphatic carbocycles. The van der Waals surface area contributed by atoms with Gasteiger partial charge in [-0.15, -0.1) is 0 Å². The molecule has 0 radical (unpaired) electrons.